The van der Waals surface area contributed by atoms with Crippen molar-refractivity contribution in [1.29, 1.82) is 0 Å². The molecule has 0 radical (unpaired) electrons. The fourth-order valence-corrected chi connectivity index (χ4v) is 2.30. The molecule has 2 rings (SSSR count). The summed E-state index contributed by atoms with van der Waals surface area (Å²) in [6, 6.07) is 8.66. The van der Waals surface area contributed by atoms with Crippen LogP contribution in [0, 0.1) is 5.92 Å². The summed E-state index contributed by atoms with van der Waals surface area (Å²) in [5.41, 5.74) is 1.27. The van der Waals surface area contributed by atoms with Crippen molar-refractivity contribution in [3.63, 3.8) is 0 Å². The number of nitrogens with one attached hydrogen (secondary N) is 1. The van der Waals surface area contributed by atoms with E-state index in [1.807, 2.05) is 4.68 Å². The smallest absolute Gasteiger partial charge is 0.140 e. The zero-order valence-electron chi connectivity index (χ0n) is 12.2. The van der Waals surface area contributed by atoms with Gasteiger partial charge in [-0.2, -0.15) is 5.10 Å². The van der Waals surface area contributed by atoms with E-state index in [-0.39, 0.29) is 6.04 Å². The lowest BCUT2D eigenvalue weighted by molar-refractivity contribution is 0.449. The number of hydrogen-bond acceptors (Lipinski definition) is 3. The van der Waals surface area contributed by atoms with Gasteiger partial charge in [0.05, 0.1) is 6.54 Å². The molecule has 1 heterocycles. The van der Waals surface area contributed by atoms with E-state index in [4.69, 9.17) is 0 Å². The molecule has 20 heavy (non-hydrogen) atoms. The molecule has 0 aliphatic carbocycles. The minimum absolute atomic E-state index is 0.285. The second-order valence-electron chi connectivity index (χ2n) is 5.41. The van der Waals surface area contributed by atoms with Crippen LogP contribution in [-0.2, 0) is 13.1 Å². The molecule has 1 aromatic carbocycles. The molecular weight excluding hydrogens is 316 g/mol. The molecule has 5 heteroatoms. The van der Waals surface area contributed by atoms with Gasteiger partial charge in [-0.1, -0.05) is 41.9 Å². The van der Waals surface area contributed by atoms with Gasteiger partial charge in [-0.3, -0.25) is 0 Å². The summed E-state index contributed by atoms with van der Waals surface area (Å²) in [5.74, 6) is 1.56. The van der Waals surface area contributed by atoms with E-state index < -0.39 is 0 Å². The summed E-state index contributed by atoms with van der Waals surface area (Å²) < 4.78 is 3.08. The van der Waals surface area contributed by atoms with Crippen molar-refractivity contribution < 1.29 is 0 Å². The number of nitrogens with zero attached hydrogens (tertiary/aromatic N) is 3. The molecule has 108 valence electrons. The molecule has 0 bridgehead atoms. The first kappa shape index (κ1) is 15.2. The van der Waals surface area contributed by atoms with Gasteiger partial charge in [0.2, 0.25) is 0 Å². The fraction of sp³-hybridized carbons (Fsp3) is 0.467. The Hall–Kier alpha value is -1.20. The van der Waals surface area contributed by atoms with Crippen molar-refractivity contribution in [3.8, 4) is 0 Å². The molecule has 0 saturated carbocycles. The predicted octanol–water partition coefficient (Wildman–Crippen LogP) is 3.55. The summed E-state index contributed by atoms with van der Waals surface area (Å²) in [4.78, 5) is 4.33. The third-order valence-electron chi connectivity index (χ3n) is 3.17. The molecule has 0 amide bonds. The fourth-order valence-electron chi connectivity index (χ4n) is 2.04. The lowest BCUT2D eigenvalue weighted by Gasteiger charge is -2.15. The van der Waals surface area contributed by atoms with Crippen molar-refractivity contribution in [1.82, 2.24) is 20.1 Å². The number of benzene rings is 1. The molecule has 1 atom stereocenters. The highest BCUT2D eigenvalue weighted by Gasteiger charge is 2.09. The van der Waals surface area contributed by atoms with Gasteiger partial charge in [0.1, 0.15) is 12.2 Å². The Morgan fingerprint density at radius 1 is 1.20 bits per heavy atom. The van der Waals surface area contributed by atoms with Crippen LogP contribution in [0.5, 0.6) is 0 Å². The Balaban J connectivity index is 1.95. The quantitative estimate of drug-likeness (QED) is 0.877. The number of halogens is 1. The van der Waals surface area contributed by atoms with Gasteiger partial charge in [0, 0.05) is 17.1 Å². The summed E-state index contributed by atoms with van der Waals surface area (Å²) in [6.07, 6.45) is 1.63. The average Bonchev–Trinajstić information content (AvgIpc) is 2.83. The summed E-state index contributed by atoms with van der Waals surface area (Å²) >= 11 is 3.46. The van der Waals surface area contributed by atoms with Crippen LogP contribution < -0.4 is 5.32 Å². The van der Waals surface area contributed by atoms with Crippen molar-refractivity contribution in [2.45, 2.75) is 39.9 Å². The molecule has 0 unspecified atom stereocenters. The Morgan fingerprint density at radius 2 is 1.90 bits per heavy atom. The Kier molecular flexibility index (Phi) is 5.31. The highest BCUT2D eigenvalue weighted by molar-refractivity contribution is 9.10. The van der Waals surface area contributed by atoms with Crippen molar-refractivity contribution >= 4 is 15.9 Å². The van der Waals surface area contributed by atoms with Gasteiger partial charge < -0.3 is 5.32 Å². The zero-order valence-corrected chi connectivity index (χ0v) is 13.8. The summed E-state index contributed by atoms with van der Waals surface area (Å²) in [7, 11) is 0. The predicted molar refractivity (Wildman–Crippen MR) is 84.3 cm³/mol. The first-order chi connectivity index (χ1) is 9.56. The summed E-state index contributed by atoms with van der Waals surface area (Å²) in [5, 5.41) is 7.77. The first-order valence-corrected chi connectivity index (χ1v) is 7.71. The second kappa shape index (κ2) is 6.99. The van der Waals surface area contributed by atoms with E-state index in [0.29, 0.717) is 5.92 Å². The normalized spacial score (nSPS) is 12.8. The zero-order chi connectivity index (χ0) is 14.5. The first-order valence-electron chi connectivity index (χ1n) is 6.91. The minimum atomic E-state index is 0.285. The van der Waals surface area contributed by atoms with E-state index in [1.54, 1.807) is 6.33 Å². The van der Waals surface area contributed by atoms with Crippen LogP contribution in [-0.4, -0.2) is 14.8 Å². The van der Waals surface area contributed by atoms with Gasteiger partial charge in [-0.25, -0.2) is 9.67 Å². The molecule has 0 fully saturated rings. The van der Waals surface area contributed by atoms with E-state index in [9.17, 15) is 0 Å². The number of hydrogen-bond donors (Lipinski definition) is 1. The monoisotopic (exact) mass is 336 g/mol. The van der Waals surface area contributed by atoms with Gasteiger partial charge >= 0.3 is 0 Å². The SMILES string of the molecule is CC(C)Cn1ncnc1CN[C@H](C)c1ccc(Br)cc1. The molecular formula is C15H21BrN4. The van der Waals surface area contributed by atoms with Crippen LogP contribution in [0.4, 0.5) is 0 Å². The van der Waals surface area contributed by atoms with E-state index >= 15 is 0 Å². The standard InChI is InChI=1S/C15H21BrN4/c1-11(2)9-20-15(18-10-19-20)8-17-12(3)13-4-6-14(16)7-5-13/h4-7,10-12,17H,8-9H2,1-3H3/t12-/m1/s1. The van der Waals surface area contributed by atoms with Crippen molar-refractivity contribution in [2.24, 2.45) is 5.92 Å². The largest absolute Gasteiger partial charge is 0.303 e. The maximum Gasteiger partial charge on any atom is 0.140 e. The maximum absolute atomic E-state index is 4.33. The van der Waals surface area contributed by atoms with Gasteiger partial charge in [-0.15, -0.1) is 0 Å². The van der Waals surface area contributed by atoms with Gasteiger partial charge in [-0.05, 0) is 30.5 Å². The summed E-state index contributed by atoms with van der Waals surface area (Å²) in [6.45, 7) is 8.16. The Morgan fingerprint density at radius 3 is 2.55 bits per heavy atom. The van der Waals surface area contributed by atoms with E-state index in [1.165, 1.54) is 5.56 Å². The van der Waals surface area contributed by atoms with Crippen LogP contribution in [0.15, 0.2) is 35.1 Å². The van der Waals surface area contributed by atoms with Gasteiger partial charge in [0.25, 0.3) is 0 Å². The molecule has 0 spiro atoms. The van der Waals surface area contributed by atoms with Gasteiger partial charge in [0.15, 0.2) is 0 Å². The molecule has 0 aliphatic rings. The van der Waals surface area contributed by atoms with Crippen LogP contribution in [0.1, 0.15) is 38.2 Å². The van der Waals surface area contributed by atoms with Crippen LogP contribution >= 0.6 is 15.9 Å². The maximum atomic E-state index is 4.33. The minimum Gasteiger partial charge on any atom is -0.303 e. The van der Waals surface area contributed by atoms with E-state index in [2.05, 4.69) is 76.4 Å². The van der Waals surface area contributed by atoms with Crippen molar-refractivity contribution in [2.75, 3.05) is 0 Å². The number of rotatable bonds is 6. The third kappa shape index (κ3) is 4.15. The molecule has 2 aromatic rings. The highest BCUT2D eigenvalue weighted by Crippen LogP contribution is 2.16. The van der Waals surface area contributed by atoms with Crippen LogP contribution in [0.3, 0.4) is 0 Å². The molecule has 0 aliphatic heterocycles. The van der Waals surface area contributed by atoms with E-state index in [0.717, 1.165) is 23.4 Å². The molecule has 4 nitrogen and oxygen atoms in total. The third-order valence-corrected chi connectivity index (χ3v) is 3.70. The van der Waals surface area contributed by atoms with Crippen LogP contribution in [0.25, 0.3) is 0 Å². The average molecular weight is 337 g/mol. The Bertz CT molecular complexity index is 533. The molecule has 1 N–H and O–H groups in total. The second-order valence-corrected chi connectivity index (χ2v) is 6.32. The molecule has 1 aromatic heterocycles. The van der Waals surface area contributed by atoms with Crippen molar-refractivity contribution in [3.05, 3.63) is 46.5 Å². The lowest BCUT2D eigenvalue weighted by atomic mass is 10.1. The highest BCUT2D eigenvalue weighted by atomic mass is 79.9. The number of aromatic nitrogens is 3. The Labute approximate surface area is 128 Å². The van der Waals surface area contributed by atoms with Crippen LogP contribution in [0.2, 0.25) is 0 Å². The molecule has 0 saturated heterocycles. The lowest BCUT2D eigenvalue weighted by Crippen LogP contribution is -2.22. The topological polar surface area (TPSA) is 42.7 Å².